The van der Waals surface area contributed by atoms with E-state index in [0.717, 1.165) is 44.3 Å². The minimum atomic E-state index is -0.361. The first-order chi connectivity index (χ1) is 13.5. The molecule has 2 aromatic rings. The molecular weight excluding hydrogens is 348 g/mol. The Hall–Kier alpha value is -2.07. The summed E-state index contributed by atoms with van der Waals surface area (Å²) in [5.74, 6) is 2.09. The van der Waals surface area contributed by atoms with E-state index in [9.17, 15) is 10.2 Å². The SMILES string of the molecule is CCn1nccc1/C=C1\C[C@@H]2[C@H]3CCc4cc(O)ccc4[C@@H]3CC[C@]2(C)[C@@H]1O. The Labute approximate surface area is 166 Å². The Balaban J connectivity index is 1.48. The number of aromatic nitrogens is 2. The van der Waals surface area contributed by atoms with Gasteiger partial charge in [-0.25, -0.2) is 0 Å². The molecule has 5 atom stereocenters. The summed E-state index contributed by atoms with van der Waals surface area (Å²) in [7, 11) is 0. The molecule has 1 aromatic heterocycles. The quantitative estimate of drug-likeness (QED) is 0.808. The van der Waals surface area contributed by atoms with Gasteiger partial charge in [0.25, 0.3) is 0 Å². The molecule has 28 heavy (non-hydrogen) atoms. The highest BCUT2D eigenvalue weighted by molar-refractivity contribution is 5.53. The average Bonchev–Trinajstić information content (AvgIpc) is 3.24. The normalized spacial score (nSPS) is 35.5. The Morgan fingerprint density at radius 3 is 2.96 bits per heavy atom. The fraction of sp³-hybridized carbons (Fsp3) is 0.542. The predicted octanol–water partition coefficient (Wildman–Crippen LogP) is 4.52. The van der Waals surface area contributed by atoms with Crippen LogP contribution >= 0.6 is 0 Å². The van der Waals surface area contributed by atoms with Gasteiger partial charge in [0.05, 0.1) is 11.8 Å². The number of aliphatic hydroxyl groups excluding tert-OH is 1. The van der Waals surface area contributed by atoms with E-state index in [2.05, 4.69) is 31.1 Å². The number of aliphatic hydroxyl groups is 1. The van der Waals surface area contributed by atoms with E-state index >= 15 is 0 Å². The molecule has 4 nitrogen and oxygen atoms in total. The van der Waals surface area contributed by atoms with Crippen LogP contribution in [0.3, 0.4) is 0 Å². The number of nitrogens with zero attached hydrogens (tertiary/aromatic N) is 2. The van der Waals surface area contributed by atoms with Crippen LogP contribution in [-0.2, 0) is 13.0 Å². The van der Waals surface area contributed by atoms with Gasteiger partial charge in [-0.05, 0) is 97.8 Å². The van der Waals surface area contributed by atoms with Gasteiger partial charge in [0.2, 0.25) is 0 Å². The average molecular weight is 379 g/mol. The maximum Gasteiger partial charge on any atom is 0.115 e. The van der Waals surface area contributed by atoms with Crippen molar-refractivity contribution in [2.75, 3.05) is 0 Å². The molecule has 1 heterocycles. The van der Waals surface area contributed by atoms with Crippen molar-refractivity contribution in [1.82, 2.24) is 9.78 Å². The second kappa shape index (κ2) is 6.48. The lowest BCUT2D eigenvalue weighted by atomic mass is 9.55. The van der Waals surface area contributed by atoms with Crippen LogP contribution in [0.1, 0.15) is 62.3 Å². The summed E-state index contributed by atoms with van der Waals surface area (Å²) in [4.78, 5) is 0. The molecule has 3 aliphatic carbocycles. The number of phenols is 1. The zero-order valence-corrected chi connectivity index (χ0v) is 16.8. The van der Waals surface area contributed by atoms with Gasteiger partial charge < -0.3 is 10.2 Å². The molecule has 0 saturated heterocycles. The predicted molar refractivity (Wildman–Crippen MR) is 110 cm³/mol. The lowest BCUT2D eigenvalue weighted by Crippen LogP contribution is -2.44. The van der Waals surface area contributed by atoms with E-state index in [1.54, 1.807) is 0 Å². The lowest BCUT2D eigenvalue weighted by Gasteiger charge is -2.49. The molecule has 3 aliphatic rings. The van der Waals surface area contributed by atoms with Gasteiger partial charge >= 0.3 is 0 Å². The topological polar surface area (TPSA) is 58.3 Å². The van der Waals surface area contributed by atoms with Crippen LogP contribution in [0.4, 0.5) is 0 Å². The molecule has 0 radical (unpaired) electrons. The summed E-state index contributed by atoms with van der Waals surface area (Å²) >= 11 is 0. The van der Waals surface area contributed by atoms with E-state index in [-0.39, 0.29) is 11.5 Å². The summed E-state index contributed by atoms with van der Waals surface area (Å²) in [5, 5.41) is 25.5. The van der Waals surface area contributed by atoms with Gasteiger partial charge in [0, 0.05) is 18.2 Å². The summed E-state index contributed by atoms with van der Waals surface area (Å²) in [6.45, 7) is 5.25. The van der Waals surface area contributed by atoms with E-state index in [1.165, 1.54) is 16.7 Å². The zero-order valence-electron chi connectivity index (χ0n) is 16.8. The van der Waals surface area contributed by atoms with Crippen LogP contribution in [0.2, 0.25) is 0 Å². The minimum absolute atomic E-state index is 0.0293. The molecular formula is C24H30N2O2. The van der Waals surface area contributed by atoms with Gasteiger partial charge in [-0.1, -0.05) is 13.0 Å². The number of hydrogen-bond donors (Lipinski definition) is 2. The molecule has 5 rings (SSSR count). The maximum atomic E-state index is 11.3. The minimum Gasteiger partial charge on any atom is -0.508 e. The second-order valence-corrected chi connectivity index (χ2v) is 9.24. The van der Waals surface area contributed by atoms with Crippen LogP contribution in [0.25, 0.3) is 6.08 Å². The molecule has 0 unspecified atom stereocenters. The third-order valence-corrected chi connectivity index (χ3v) is 7.96. The fourth-order valence-corrected chi connectivity index (χ4v) is 6.49. The van der Waals surface area contributed by atoms with E-state index < -0.39 is 0 Å². The number of aryl methyl sites for hydroxylation is 2. The standard InChI is InChI=1S/C24H30N2O2/c1-3-26-17(9-11-25-26)12-16-14-22-21-6-4-15-13-18(27)5-7-19(15)20(21)8-10-24(22,2)23(16)28/h5,7,9,11-13,20-23,27-28H,3-4,6,8,10,14H2,1-2H3/b16-12+/t20-,21-,22+,23+,24-/m0/s1. The second-order valence-electron chi connectivity index (χ2n) is 9.24. The highest BCUT2D eigenvalue weighted by Crippen LogP contribution is 2.62. The molecule has 0 spiro atoms. The monoisotopic (exact) mass is 378 g/mol. The summed E-state index contributed by atoms with van der Waals surface area (Å²) < 4.78 is 2.00. The molecule has 2 fully saturated rings. The van der Waals surface area contributed by atoms with E-state index in [0.29, 0.717) is 23.5 Å². The zero-order chi connectivity index (χ0) is 19.5. The van der Waals surface area contributed by atoms with Crippen molar-refractivity contribution in [3.63, 3.8) is 0 Å². The number of fused-ring (bicyclic) bond motifs is 5. The Kier molecular flexibility index (Phi) is 4.16. The van der Waals surface area contributed by atoms with Crippen molar-refractivity contribution in [3.05, 3.63) is 52.9 Å². The third kappa shape index (κ3) is 2.57. The van der Waals surface area contributed by atoms with Gasteiger partial charge in [0.1, 0.15) is 5.75 Å². The van der Waals surface area contributed by atoms with Gasteiger partial charge in [-0.15, -0.1) is 0 Å². The Bertz CT molecular complexity index is 930. The smallest absolute Gasteiger partial charge is 0.115 e. The number of hydrogen-bond acceptors (Lipinski definition) is 3. The van der Waals surface area contributed by atoms with Crippen molar-refractivity contribution in [1.29, 1.82) is 0 Å². The van der Waals surface area contributed by atoms with Crippen molar-refractivity contribution in [2.45, 2.75) is 64.5 Å². The molecule has 0 amide bonds. The largest absolute Gasteiger partial charge is 0.508 e. The number of aromatic hydroxyl groups is 1. The summed E-state index contributed by atoms with van der Waals surface area (Å²) in [6.07, 6.45) is 9.05. The van der Waals surface area contributed by atoms with Crippen LogP contribution < -0.4 is 0 Å². The van der Waals surface area contributed by atoms with Crippen LogP contribution in [0.15, 0.2) is 36.0 Å². The van der Waals surface area contributed by atoms with Crippen LogP contribution in [0.5, 0.6) is 5.75 Å². The molecule has 1 aromatic carbocycles. The molecule has 2 N–H and O–H groups in total. The van der Waals surface area contributed by atoms with Crippen LogP contribution in [-0.4, -0.2) is 26.1 Å². The summed E-state index contributed by atoms with van der Waals surface area (Å²) in [6, 6.07) is 7.99. The van der Waals surface area contributed by atoms with Crippen LogP contribution in [0, 0.1) is 17.3 Å². The summed E-state index contributed by atoms with van der Waals surface area (Å²) in [5.41, 5.74) is 5.01. The molecule has 0 aliphatic heterocycles. The highest BCUT2D eigenvalue weighted by Gasteiger charge is 2.56. The van der Waals surface area contributed by atoms with Crippen molar-refractivity contribution >= 4 is 6.08 Å². The molecule has 148 valence electrons. The van der Waals surface area contributed by atoms with E-state index in [1.807, 2.05) is 29.1 Å². The number of rotatable bonds is 2. The first-order valence-electron chi connectivity index (χ1n) is 10.7. The van der Waals surface area contributed by atoms with Gasteiger partial charge in [-0.3, -0.25) is 4.68 Å². The lowest BCUT2D eigenvalue weighted by molar-refractivity contribution is -0.0158. The Morgan fingerprint density at radius 2 is 2.14 bits per heavy atom. The number of benzene rings is 1. The highest BCUT2D eigenvalue weighted by atomic mass is 16.3. The van der Waals surface area contributed by atoms with Crippen molar-refractivity contribution in [3.8, 4) is 5.75 Å². The van der Waals surface area contributed by atoms with Gasteiger partial charge in [0.15, 0.2) is 0 Å². The van der Waals surface area contributed by atoms with Crippen molar-refractivity contribution < 1.29 is 10.2 Å². The van der Waals surface area contributed by atoms with Gasteiger partial charge in [-0.2, -0.15) is 5.10 Å². The molecule has 2 saturated carbocycles. The first-order valence-corrected chi connectivity index (χ1v) is 10.7. The van der Waals surface area contributed by atoms with Crippen molar-refractivity contribution in [2.24, 2.45) is 17.3 Å². The maximum absolute atomic E-state index is 11.3. The molecule has 0 bridgehead atoms. The fourth-order valence-electron chi connectivity index (χ4n) is 6.49. The van der Waals surface area contributed by atoms with E-state index in [4.69, 9.17) is 0 Å². The third-order valence-electron chi connectivity index (χ3n) is 7.96. The number of phenolic OH excluding ortho intramolecular Hbond substituents is 1. The first kappa shape index (κ1) is 18.0. The Morgan fingerprint density at radius 1 is 1.29 bits per heavy atom. The molecule has 4 heteroatoms.